The number of carbonyl (C=O) groups excluding carboxylic acids is 3. The van der Waals surface area contributed by atoms with Crippen LogP contribution in [0.4, 0.5) is 20.7 Å². The van der Waals surface area contributed by atoms with Gasteiger partial charge in [-0.15, -0.1) is 0 Å². The van der Waals surface area contributed by atoms with E-state index in [1.165, 1.54) is 0 Å². The molecule has 2 aromatic rings. The third kappa shape index (κ3) is 2.95. The summed E-state index contributed by atoms with van der Waals surface area (Å²) in [6, 6.07) is -0.163. The second kappa shape index (κ2) is 7.35. The quantitative estimate of drug-likeness (QED) is 0.381. The lowest BCUT2D eigenvalue weighted by Gasteiger charge is -2.55. The smallest absolute Gasteiger partial charge is 0.328 e. The number of rotatable bonds is 1. The number of barbiturate groups is 1. The fourth-order valence-electron chi connectivity index (χ4n) is 6.11. The molecule has 0 saturated carbocycles. The van der Waals surface area contributed by atoms with E-state index in [-0.39, 0.29) is 49.2 Å². The molecule has 0 bridgehead atoms. The minimum absolute atomic E-state index is 0.0823. The molecule has 1 aromatic heterocycles. The number of imide groups is 2. The number of benzene rings is 1. The minimum atomic E-state index is -1.74. The number of carbonyl (C=O) groups is 3. The normalized spacial score (nSPS) is 32.0. The number of nitrogens with one attached hydrogen (secondary N) is 2. The number of hydrogen-bond donors (Lipinski definition) is 4. The van der Waals surface area contributed by atoms with Gasteiger partial charge in [-0.1, -0.05) is 5.16 Å². The fourth-order valence-corrected chi connectivity index (χ4v) is 6.11. The first kappa shape index (κ1) is 22.2. The summed E-state index contributed by atoms with van der Waals surface area (Å²) in [6.07, 6.45) is -3.12. The van der Waals surface area contributed by atoms with Crippen molar-refractivity contribution in [2.75, 3.05) is 29.4 Å². The minimum Gasteiger partial charge on any atom is -0.389 e. The molecule has 1 spiro atoms. The van der Waals surface area contributed by atoms with Crippen molar-refractivity contribution in [3.63, 3.8) is 0 Å². The number of aliphatic hydroxyl groups is 2. The van der Waals surface area contributed by atoms with Crippen molar-refractivity contribution in [1.29, 1.82) is 0 Å². The molecule has 13 heteroatoms. The predicted molar refractivity (Wildman–Crippen MR) is 117 cm³/mol. The standard InChI is InChI=1S/C22H24FN5O7/c1-8-5-28-15-10(4-22(17(28)9(2)34-8)19(31)24-21(33)25-20(22)32)3-11-16(14(15)23)35-26-18(11)27-6-12(29)13(30)7-27/h3,8-9,12-13,17,29-30H,4-7H2,1-2H3,(H2,24,25,31,32,33)/t8-,9+,12-,13+,17-/m1/s1. The van der Waals surface area contributed by atoms with Gasteiger partial charge in [0.25, 0.3) is 0 Å². The van der Waals surface area contributed by atoms with Crippen LogP contribution in [-0.4, -0.2) is 83.3 Å². The maximum atomic E-state index is 16.1. The zero-order valence-corrected chi connectivity index (χ0v) is 18.9. The van der Waals surface area contributed by atoms with E-state index in [0.29, 0.717) is 10.9 Å². The third-order valence-electron chi connectivity index (χ3n) is 7.50. The second-order valence-corrected chi connectivity index (χ2v) is 9.76. The van der Waals surface area contributed by atoms with Gasteiger partial charge in [0.1, 0.15) is 0 Å². The molecule has 5 atom stereocenters. The molecular formula is C22H24FN5O7. The van der Waals surface area contributed by atoms with Gasteiger partial charge in [-0.3, -0.25) is 20.2 Å². The zero-order chi connectivity index (χ0) is 24.8. The van der Waals surface area contributed by atoms with E-state index in [1.54, 1.807) is 22.8 Å². The van der Waals surface area contributed by atoms with E-state index in [4.69, 9.17) is 9.26 Å². The number of fused-ring (bicyclic) bond motifs is 5. The molecule has 3 fully saturated rings. The van der Waals surface area contributed by atoms with E-state index in [0.717, 1.165) is 0 Å². The molecule has 35 heavy (non-hydrogen) atoms. The van der Waals surface area contributed by atoms with E-state index in [1.807, 2.05) is 6.92 Å². The summed E-state index contributed by atoms with van der Waals surface area (Å²) in [6.45, 7) is 3.89. The van der Waals surface area contributed by atoms with Crippen molar-refractivity contribution < 1.29 is 38.2 Å². The van der Waals surface area contributed by atoms with E-state index >= 15 is 4.39 Å². The Kier molecular flexibility index (Phi) is 4.66. The lowest BCUT2D eigenvalue weighted by Crippen LogP contribution is -2.75. The van der Waals surface area contributed by atoms with Crippen molar-refractivity contribution in [2.24, 2.45) is 5.41 Å². The molecule has 0 unspecified atom stereocenters. The molecular weight excluding hydrogens is 465 g/mol. The second-order valence-electron chi connectivity index (χ2n) is 9.76. The first-order chi connectivity index (χ1) is 16.6. The molecule has 4 aliphatic heterocycles. The van der Waals surface area contributed by atoms with Crippen LogP contribution in [0.25, 0.3) is 11.0 Å². The summed E-state index contributed by atoms with van der Waals surface area (Å²) < 4.78 is 27.4. The number of aliphatic hydroxyl groups excluding tert-OH is 2. The molecule has 6 rings (SSSR count). The van der Waals surface area contributed by atoms with Gasteiger partial charge >= 0.3 is 6.03 Å². The molecule has 12 nitrogen and oxygen atoms in total. The van der Waals surface area contributed by atoms with Gasteiger partial charge in [0.2, 0.25) is 17.4 Å². The largest absolute Gasteiger partial charge is 0.389 e. The molecule has 4 N–H and O–H groups in total. The number of aromatic nitrogens is 1. The molecule has 0 radical (unpaired) electrons. The molecule has 3 saturated heterocycles. The van der Waals surface area contributed by atoms with Crippen LogP contribution in [0.5, 0.6) is 0 Å². The molecule has 1 aromatic carbocycles. The fraction of sp³-hybridized carbons (Fsp3) is 0.545. The summed E-state index contributed by atoms with van der Waals surface area (Å²) in [5, 5.41) is 28.6. The van der Waals surface area contributed by atoms with Crippen LogP contribution in [-0.2, 0) is 20.7 Å². The van der Waals surface area contributed by atoms with Gasteiger partial charge in [-0.25, -0.2) is 9.18 Å². The van der Waals surface area contributed by atoms with Gasteiger partial charge in [0.05, 0.1) is 41.5 Å². The van der Waals surface area contributed by atoms with E-state index in [2.05, 4.69) is 15.8 Å². The van der Waals surface area contributed by atoms with E-state index < -0.39 is 53.4 Å². The highest BCUT2D eigenvalue weighted by atomic mass is 19.1. The average molecular weight is 489 g/mol. The molecule has 4 amide bonds. The number of amides is 4. The molecule has 4 aliphatic rings. The number of urea groups is 1. The summed E-state index contributed by atoms with van der Waals surface area (Å²) in [5.74, 6) is -1.99. The van der Waals surface area contributed by atoms with Crippen LogP contribution in [0.3, 0.4) is 0 Å². The number of anilines is 2. The zero-order valence-electron chi connectivity index (χ0n) is 18.9. The number of nitrogens with zero attached hydrogens (tertiary/aromatic N) is 3. The SMILES string of the molecule is C[C@@H]1CN2c3c(cc4c(N5C[C@@H](O)[C@@H](O)C5)noc4c3F)CC3(C(=O)NC(=O)NC3=O)[C@H]2[C@H](C)O1. The third-order valence-corrected chi connectivity index (χ3v) is 7.50. The van der Waals surface area contributed by atoms with Crippen molar-refractivity contribution in [2.45, 2.75) is 50.7 Å². The van der Waals surface area contributed by atoms with Crippen LogP contribution in [0, 0.1) is 11.2 Å². The van der Waals surface area contributed by atoms with Crippen LogP contribution >= 0.6 is 0 Å². The maximum absolute atomic E-state index is 16.1. The maximum Gasteiger partial charge on any atom is 0.328 e. The first-order valence-corrected chi connectivity index (χ1v) is 11.4. The van der Waals surface area contributed by atoms with Gasteiger partial charge in [-0.05, 0) is 25.5 Å². The van der Waals surface area contributed by atoms with Crippen LogP contribution in [0.1, 0.15) is 19.4 Å². The molecule has 5 heterocycles. The number of β-amino-alcohol motifs (C(OH)–C–C–N with tert-alkyl or cyclic N) is 2. The van der Waals surface area contributed by atoms with Crippen molar-refractivity contribution in [3.8, 4) is 0 Å². The number of hydrogen-bond acceptors (Lipinski definition) is 10. The Morgan fingerprint density at radius 1 is 1.11 bits per heavy atom. The topological polar surface area (TPSA) is 157 Å². The Hall–Kier alpha value is -3.29. The highest BCUT2D eigenvalue weighted by Crippen LogP contribution is 2.49. The number of ether oxygens (including phenoxy) is 1. The van der Waals surface area contributed by atoms with Gasteiger partial charge in [0, 0.05) is 26.1 Å². The Morgan fingerprint density at radius 2 is 1.77 bits per heavy atom. The van der Waals surface area contributed by atoms with Gasteiger partial charge < -0.3 is 29.3 Å². The molecule has 186 valence electrons. The van der Waals surface area contributed by atoms with Gasteiger partial charge in [-0.2, -0.15) is 0 Å². The number of morpholine rings is 1. The number of halogens is 1. The Balaban J connectivity index is 1.55. The van der Waals surface area contributed by atoms with E-state index in [9.17, 15) is 24.6 Å². The van der Waals surface area contributed by atoms with Crippen molar-refractivity contribution in [3.05, 3.63) is 17.4 Å². The van der Waals surface area contributed by atoms with Crippen LogP contribution in [0.2, 0.25) is 0 Å². The average Bonchev–Trinajstić information content (AvgIpc) is 3.34. The molecule has 0 aliphatic carbocycles. The Labute approximate surface area is 198 Å². The lowest BCUT2D eigenvalue weighted by atomic mass is 9.66. The monoisotopic (exact) mass is 489 g/mol. The van der Waals surface area contributed by atoms with Crippen molar-refractivity contribution >= 4 is 40.3 Å². The first-order valence-electron chi connectivity index (χ1n) is 11.4. The van der Waals surface area contributed by atoms with Gasteiger partial charge in [0.15, 0.2) is 17.1 Å². The van der Waals surface area contributed by atoms with Crippen molar-refractivity contribution in [1.82, 2.24) is 15.8 Å². The highest BCUT2D eigenvalue weighted by molar-refractivity contribution is 6.20. The highest BCUT2D eigenvalue weighted by Gasteiger charge is 2.63. The summed E-state index contributed by atoms with van der Waals surface area (Å²) in [4.78, 5) is 41.6. The van der Waals surface area contributed by atoms with Crippen LogP contribution in [0.15, 0.2) is 10.6 Å². The summed E-state index contributed by atoms with van der Waals surface area (Å²) in [5.41, 5.74) is -1.28. The Morgan fingerprint density at radius 3 is 2.43 bits per heavy atom. The predicted octanol–water partition coefficient (Wildman–Crippen LogP) is -0.601. The van der Waals surface area contributed by atoms with Crippen LogP contribution < -0.4 is 20.4 Å². The summed E-state index contributed by atoms with van der Waals surface area (Å²) >= 11 is 0. The lowest BCUT2D eigenvalue weighted by molar-refractivity contribution is -0.153. The Bertz CT molecular complexity index is 1250. The summed E-state index contributed by atoms with van der Waals surface area (Å²) in [7, 11) is 0.